The Morgan fingerprint density at radius 1 is 1.41 bits per heavy atom. The Balaban J connectivity index is 1.97. The van der Waals surface area contributed by atoms with E-state index < -0.39 is 0 Å². The first kappa shape index (κ1) is 15.3. The highest BCUT2D eigenvalue weighted by Crippen LogP contribution is 2.12. The molecule has 2 atom stereocenters. The Morgan fingerprint density at radius 3 is 2.94 bits per heavy atom. The van der Waals surface area contributed by atoms with Gasteiger partial charge in [-0.15, -0.1) is 0 Å². The molecule has 0 saturated carbocycles. The maximum absolute atomic E-state index is 3.64. The topological polar surface area (TPSA) is 24.1 Å². The van der Waals surface area contributed by atoms with Gasteiger partial charge in [-0.1, -0.05) is 33.1 Å². The number of rotatable bonds is 9. The minimum atomic E-state index is 0.747. The average molecular weight is 258 g/mol. The lowest BCUT2D eigenvalue weighted by Crippen LogP contribution is -2.39. The van der Waals surface area contributed by atoms with Crippen molar-refractivity contribution in [2.75, 3.05) is 31.1 Å². The van der Waals surface area contributed by atoms with Crippen LogP contribution in [0, 0.1) is 5.92 Å². The van der Waals surface area contributed by atoms with Crippen molar-refractivity contribution >= 4 is 11.8 Å². The molecule has 0 radical (unpaired) electrons. The van der Waals surface area contributed by atoms with Gasteiger partial charge in [-0.25, -0.2) is 0 Å². The first-order valence-electron chi connectivity index (χ1n) is 7.38. The average Bonchev–Trinajstić information content (AvgIpc) is 2.39. The summed E-state index contributed by atoms with van der Waals surface area (Å²) in [5.41, 5.74) is 0. The van der Waals surface area contributed by atoms with Gasteiger partial charge >= 0.3 is 0 Å². The van der Waals surface area contributed by atoms with E-state index in [2.05, 4.69) is 36.2 Å². The Labute approximate surface area is 112 Å². The van der Waals surface area contributed by atoms with Gasteiger partial charge in [0, 0.05) is 24.1 Å². The zero-order valence-electron chi connectivity index (χ0n) is 11.6. The lowest BCUT2D eigenvalue weighted by atomic mass is 9.99. The first-order valence-corrected chi connectivity index (χ1v) is 8.54. The largest absolute Gasteiger partial charge is 0.316 e. The summed E-state index contributed by atoms with van der Waals surface area (Å²) in [5.74, 6) is 3.48. The van der Waals surface area contributed by atoms with Crippen LogP contribution in [0.5, 0.6) is 0 Å². The number of unbranched alkanes of at least 4 members (excludes halogenated alkanes) is 1. The molecule has 0 amide bonds. The van der Waals surface area contributed by atoms with Crippen LogP contribution >= 0.6 is 11.8 Å². The Kier molecular flexibility index (Phi) is 9.21. The third-order valence-corrected chi connectivity index (χ3v) is 4.78. The van der Waals surface area contributed by atoms with E-state index in [9.17, 15) is 0 Å². The van der Waals surface area contributed by atoms with Crippen molar-refractivity contribution in [2.45, 2.75) is 52.0 Å². The normalized spacial score (nSPS) is 22.6. The number of hydrogen-bond donors (Lipinski definition) is 2. The maximum atomic E-state index is 3.64. The summed E-state index contributed by atoms with van der Waals surface area (Å²) in [6.45, 7) is 8.20. The van der Waals surface area contributed by atoms with E-state index in [1.807, 2.05) is 0 Å². The van der Waals surface area contributed by atoms with Crippen LogP contribution in [0.1, 0.15) is 46.0 Å². The fourth-order valence-electron chi connectivity index (χ4n) is 2.33. The summed E-state index contributed by atoms with van der Waals surface area (Å²) in [7, 11) is 0. The van der Waals surface area contributed by atoms with Crippen molar-refractivity contribution in [1.82, 2.24) is 10.6 Å². The molecule has 1 heterocycles. The minimum absolute atomic E-state index is 0.747. The molecular weight excluding hydrogens is 228 g/mol. The van der Waals surface area contributed by atoms with Crippen molar-refractivity contribution in [1.29, 1.82) is 0 Å². The molecule has 1 fully saturated rings. The highest BCUT2D eigenvalue weighted by Gasteiger charge is 2.12. The lowest BCUT2D eigenvalue weighted by molar-refractivity contribution is 0.408. The van der Waals surface area contributed by atoms with Gasteiger partial charge < -0.3 is 10.6 Å². The standard InChI is InChI=1S/C14H30N2S/c1-3-5-6-13(4-2)11-15-8-7-14-12-17-10-9-16-14/h13-16H,3-12H2,1-2H3. The van der Waals surface area contributed by atoms with E-state index in [0.29, 0.717) is 0 Å². The van der Waals surface area contributed by atoms with Crippen LogP contribution in [0.25, 0.3) is 0 Å². The van der Waals surface area contributed by atoms with Crippen LogP contribution in [0.15, 0.2) is 0 Å². The van der Waals surface area contributed by atoms with E-state index >= 15 is 0 Å². The minimum Gasteiger partial charge on any atom is -0.316 e. The Morgan fingerprint density at radius 2 is 2.29 bits per heavy atom. The monoisotopic (exact) mass is 258 g/mol. The van der Waals surface area contributed by atoms with E-state index in [1.54, 1.807) is 0 Å². The van der Waals surface area contributed by atoms with Crippen LogP contribution in [0.2, 0.25) is 0 Å². The summed E-state index contributed by atoms with van der Waals surface area (Å²) in [6.07, 6.45) is 6.74. The van der Waals surface area contributed by atoms with Crippen LogP contribution < -0.4 is 10.6 Å². The Hall–Kier alpha value is 0.270. The van der Waals surface area contributed by atoms with Gasteiger partial charge in [0.15, 0.2) is 0 Å². The number of hydrogen-bond acceptors (Lipinski definition) is 3. The third kappa shape index (κ3) is 7.32. The predicted octanol–water partition coefficient (Wildman–Crippen LogP) is 2.89. The smallest absolute Gasteiger partial charge is 0.0170 e. The molecule has 1 aliphatic heterocycles. The molecule has 0 aliphatic carbocycles. The third-order valence-electron chi connectivity index (χ3n) is 3.64. The lowest BCUT2D eigenvalue weighted by Gasteiger charge is -2.23. The van der Waals surface area contributed by atoms with Crippen molar-refractivity contribution in [3.05, 3.63) is 0 Å². The van der Waals surface area contributed by atoms with E-state index in [1.165, 1.54) is 63.2 Å². The summed E-state index contributed by atoms with van der Waals surface area (Å²) >= 11 is 2.09. The van der Waals surface area contributed by atoms with Gasteiger partial charge in [0.25, 0.3) is 0 Å². The zero-order chi connectivity index (χ0) is 12.3. The summed E-state index contributed by atoms with van der Waals surface area (Å²) < 4.78 is 0. The van der Waals surface area contributed by atoms with Crippen LogP contribution in [0.3, 0.4) is 0 Å². The first-order chi connectivity index (χ1) is 8.36. The highest BCUT2D eigenvalue weighted by atomic mass is 32.2. The molecule has 2 unspecified atom stereocenters. The molecule has 0 aromatic heterocycles. The van der Waals surface area contributed by atoms with E-state index in [4.69, 9.17) is 0 Å². The van der Waals surface area contributed by atoms with Gasteiger partial charge in [0.05, 0.1) is 0 Å². The highest BCUT2D eigenvalue weighted by molar-refractivity contribution is 7.99. The molecule has 0 bridgehead atoms. The van der Waals surface area contributed by atoms with Gasteiger partial charge in [0.2, 0.25) is 0 Å². The molecule has 17 heavy (non-hydrogen) atoms. The van der Waals surface area contributed by atoms with Crippen molar-refractivity contribution < 1.29 is 0 Å². The van der Waals surface area contributed by atoms with Crippen molar-refractivity contribution in [2.24, 2.45) is 5.92 Å². The second-order valence-electron chi connectivity index (χ2n) is 5.14. The number of nitrogens with one attached hydrogen (secondary N) is 2. The Bertz CT molecular complexity index is 170. The van der Waals surface area contributed by atoms with Gasteiger partial charge in [-0.2, -0.15) is 11.8 Å². The maximum Gasteiger partial charge on any atom is 0.0170 e. The van der Waals surface area contributed by atoms with Gasteiger partial charge in [-0.3, -0.25) is 0 Å². The second-order valence-corrected chi connectivity index (χ2v) is 6.29. The molecule has 2 N–H and O–H groups in total. The van der Waals surface area contributed by atoms with Crippen LogP contribution in [0.4, 0.5) is 0 Å². The molecule has 1 aliphatic rings. The zero-order valence-corrected chi connectivity index (χ0v) is 12.5. The van der Waals surface area contributed by atoms with Crippen molar-refractivity contribution in [3.8, 4) is 0 Å². The molecule has 3 heteroatoms. The molecular formula is C14H30N2S. The molecule has 1 saturated heterocycles. The fourth-order valence-corrected chi connectivity index (χ4v) is 3.33. The fraction of sp³-hybridized carbons (Fsp3) is 1.00. The molecule has 102 valence electrons. The number of thioether (sulfide) groups is 1. The van der Waals surface area contributed by atoms with Gasteiger partial charge in [-0.05, 0) is 31.8 Å². The molecule has 0 aromatic rings. The molecule has 1 rings (SSSR count). The molecule has 0 spiro atoms. The molecule has 2 nitrogen and oxygen atoms in total. The van der Waals surface area contributed by atoms with E-state index in [0.717, 1.165) is 12.0 Å². The predicted molar refractivity (Wildman–Crippen MR) is 79.9 cm³/mol. The molecule has 0 aromatic carbocycles. The quantitative estimate of drug-likeness (QED) is 0.622. The van der Waals surface area contributed by atoms with Crippen molar-refractivity contribution in [3.63, 3.8) is 0 Å². The summed E-state index contributed by atoms with van der Waals surface area (Å²) in [4.78, 5) is 0. The second kappa shape index (κ2) is 10.2. The SMILES string of the molecule is CCCCC(CC)CNCCC1CSCCN1. The van der Waals surface area contributed by atoms with Gasteiger partial charge in [0.1, 0.15) is 0 Å². The summed E-state index contributed by atoms with van der Waals surface area (Å²) in [6, 6.07) is 0.747. The summed E-state index contributed by atoms with van der Waals surface area (Å²) in [5, 5.41) is 7.24. The van der Waals surface area contributed by atoms with Crippen LogP contribution in [-0.4, -0.2) is 37.2 Å². The van der Waals surface area contributed by atoms with E-state index in [-0.39, 0.29) is 0 Å². The van der Waals surface area contributed by atoms with Crippen LogP contribution in [-0.2, 0) is 0 Å².